The second-order valence-corrected chi connectivity index (χ2v) is 4.45. The van der Waals surface area contributed by atoms with Crippen LogP contribution in [0.15, 0.2) is 18.2 Å². The number of piperidine rings is 1. The number of phenolic OH excluding ortho intramolecular Hbond substituents is 1. The van der Waals surface area contributed by atoms with E-state index in [1.807, 2.05) is 0 Å². The van der Waals surface area contributed by atoms with Gasteiger partial charge in [0.25, 0.3) is 0 Å². The quantitative estimate of drug-likeness (QED) is 0.708. The average Bonchev–Trinajstić information content (AvgIpc) is 2.24. The van der Waals surface area contributed by atoms with Crippen LogP contribution >= 0.6 is 0 Å². The molecule has 88 valence electrons. The summed E-state index contributed by atoms with van der Waals surface area (Å²) in [7, 11) is 0. The highest BCUT2D eigenvalue weighted by molar-refractivity contribution is 5.33. The molecule has 0 bridgehead atoms. The van der Waals surface area contributed by atoms with Crippen molar-refractivity contribution in [3.63, 3.8) is 0 Å². The number of aromatic hydroxyl groups is 1. The summed E-state index contributed by atoms with van der Waals surface area (Å²) in [4.78, 5) is 0. The zero-order valence-corrected chi connectivity index (χ0v) is 9.04. The highest BCUT2D eigenvalue weighted by atomic mass is 19.1. The molecule has 1 saturated heterocycles. The maximum Gasteiger partial charge on any atom is 0.123 e. The fourth-order valence-electron chi connectivity index (χ4n) is 2.15. The normalized spacial score (nSPS) is 25.6. The first-order valence-electron chi connectivity index (χ1n) is 5.50. The molecule has 3 nitrogen and oxygen atoms in total. The first-order valence-corrected chi connectivity index (χ1v) is 5.50. The van der Waals surface area contributed by atoms with Crippen molar-refractivity contribution in [3.8, 4) is 5.75 Å². The van der Waals surface area contributed by atoms with Gasteiger partial charge in [0.15, 0.2) is 0 Å². The van der Waals surface area contributed by atoms with Gasteiger partial charge < -0.3 is 15.5 Å². The Balaban J connectivity index is 2.15. The minimum absolute atomic E-state index is 0.0420. The van der Waals surface area contributed by atoms with E-state index in [9.17, 15) is 14.6 Å². The molecule has 0 radical (unpaired) electrons. The number of hydrogen-bond acceptors (Lipinski definition) is 3. The number of nitrogens with one attached hydrogen (secondary N) is 1. The van der Waals surface area contributed by atoms with E-state index in [-0.39, 0.29) is 18.0 Å². The third-order valence-corrected chi connectivity index (χ3v) is 3.01. The Hall–Kier alpha value is -1.13. The summed E-state index contributed by atoms with van der Waals surface area (Å²) < 4.78 is 13.0. The molecule has 2 rings (SSSR count). The van der Waals surface area contributed by atoms with Crippen LogP contribution in [0, 0.1) is 5.82 Å². The Morgan fingerprint density at radius 3 is 2.94 bits per heavy atom. The number of phenols is 1. The van der Waals surface area contributed by atoms with Crippen molar-refractivity contribution in [3.05, 3.63) is 29.6 Å². The van der Waals surface area contributed by atoms with E-state index in [1.165, 1.54) is 18.2 Å². The Bertz CT molecular complexity index is 375. The predicted molar refractivity (Wildman–Crippen MR) is 58.8 cm³/mol. The molecule has 0 aliphatic carbocycles. The summed E-state index contributed by atoms with van der Waals surface area (Å²) in [5, 5.41) is 22.9. The van der Waals surface area contributed by atoms with E-state index < -0.39 is 5.60 Å². The van der Waals surface area contributed by atoms with Crippen LogP contribution in [-0.2, 0) is 6.42 Å². The van der Waals surface area contributed by atoms with Crippen molar-refractivity contribution in [2.45, 2.75) is 24.9 Å². The van der Waals surface area contributed by atoms with Crippen LogP contribution in [0.5, 0.6) is 5.75 Å². The zero-order valence-electron chi connectivity index (χ0n) is 9.04. The smallest absolute Gasteiger partial charge is 0.123 e. The van der Waals surface area contributed by atoms with Crippen molar-refractivity contribution in [2.75, 3.05) is 13.1 Å². The molecule has 1 atom stereocenters. The topological polar surface area (TPSA) is 52.5 Å². The van der Waals surface area contributed by atoms with E-state index in [0.717, 1.165) is 13.0 Å². The molecule has 1 aliphatic heterocycles. The van der Waals surface area contributed by atoms with Crippen LogP contribution < -0.4 is 5.32 Å². The minimum Gasteiger partial charge on any atom is -0.508 e. The Morgan fingerprint density at radius 2 is 2.25 bits per heavy atom. The average molecular weight is 225 g/mol. The van der Waals surface area contributed by atoms with Gasteiger partial charge in [-0.1, -0.05) is 0 Å². The number of β-amino-alcohol motifs (C(OH)–C–C–N with tert-alkyl or cyclic N) is 1. The van der Waals surface area contributed by atoms with E-state index in [4.69, 9.17) is 0 Å². The second-order valence-electron chi connectivity index (χ2n) is 4.45. The fraction of sp³-hybridized carbons (Fsp3) is 0.500. The third kappa shape index (κ3) is 2.51. The van der Waals surface area contributed by atoms with E-state index in [1.54, 1.807) is 0 Å². The maximum atomic E-state index is 13.0. The molecule has 0 amide bonds. The Kier molecular flexibility index (Phi) is 3.12. The summed E-state index contributed by atoms with van der Waals surface area (Å²) >= 11 is 0. The number of rotatable bonds is 2. The van der Waals surface area contributed by atoms with Crippen LogP contribution in [0.4, 0.5) is 4.39 Å². The lowest BCUT2D eigenvalue weighted by molar-refractivity contribution is 0.0164. The Morgan fingerprint density at radius 1 is 1.44 bits per heavy atom. The zero-order chi connectivity index (χ0) is 11.6. The number of hydrogen-bond donors (Lipinski definition) is 3. The van der Waals surface area contributed by atoms with Gasteiger partial charge in [-0.3, -0.25) is 0 Å². The summed E-state index contributed by atoms with van der Waals surface area (Å²) in [6.45, 7) is 1.39. The van der Waals surface area contributed by atoms with Crippen LogP contribution in [0.2, 0.25) is 0 Å². The SMILES string of the molecule is Oc1ccc(F)cc1CC1(O)CCCNC1. The second kappa shape index (κ2) is 4.39. The van der Waals surface area contributed by atoms with E-state index in [0.29, 0.717) is 18.5 Å². The Labute approximate surface area is 93.9 Å². The molecule has 0 spiro atoms. The van der Waals surface area contributed by atoms with Crippen molar-refractivity contribution in [2.24, 2.45) is 0 Å². The highest BCUT2D eigenvalue weighted by Gasteiger charge is 2.30. The summed E-state index contributed by atoms with van der Waals surface area (Å²) in [5.74, 6) is -0.347. The summed E-state index contributed by atoms with van der Waals surface area (Å²) in [5.41, 5.74) is -0.407. The van der Waals surface area contributed by atoms with Gasteiger partial charge in [0, 0.05) is 13.0 Å². The van der Waals surface area contributed by atoms with Crippen molar-refractivity contribution >= 4 is 0 Å². The molecule has 1 aliphatic rings. The molecule has 0 saturated carbocycles. The minimum atomic E-state index is -0.872. The fourth-order valence-corrected chi connectivity index (χ4v) is 2.15. The van der Waals surface area contributed by atoms with Crippen molar-refractivity contribution < 1.29 is 14.6 Å². The number of benzene rings is 1. The molecule has 1 heterocycles. The molecule has 16 heavy (non-hydrogen) atoms. The molecule has 1 unspecified atom stereocenters. The molecule has 0 aromatic heterocycles. The van der Waals surface area contributed by atoms with E-state index in [2.05, 4.69) is 5.32 Å². The molecule has 4 heteroatoms. The highest BCUT2D eigenvalue weighted by Crippen LogP contribution is 2.26. The molecular weight excluding hydrogens is 209 g/mol. The number of halogens is 1. The maximum absolute atomic E-state index is 13.0. The van der Waals surface area contributed by atoms with Gasteiger partial charge in [0.2, 0.25) is 0 Å². The van der Waals surface area contributed by atoms with Gasteiger partial charge >= 0.3 is 0 Å². The van der Waals surface area contributed by atoms with Gasteiger partial charge in [-0.25, -0.2) is 4.39 Å². The molecule has 3 N–H and O–H groups in total. The molecule has 1 fully saturated rings. The van der Waals surface area contributed by atoms with Gasteiger partial charge in [0.1, 0.15) is 11.6 Å². The standard InChI is InChI=1S/C12H16FNO2/c13-10-2-3-11(15)9(6-10)7-12(16)4-1-5-14-8-12/h2-3,6,14-16H,1,4-5,7-8H2. The van der Waals surface area contributed by atoms with Gasteiger partial charge in [-0.05, 0) is 43.1 Å². The first-order chi connectivity index (χ1) is 7.59. The van der Waals surface area contributed by atoms with Crippen LogP contribution in [-0.4, -0.2) is 28.9 Å². The summed E-state index contributed by atoms with van der Waals surface area (Å²) in [6, 6.07) is 3.81. The lowest BCUT2D eigenvalue weighted by Gasteiger charge is -2.32. The van der Waals surface area contributed by atoms with Crippen LogP contribution in [0.1, 0.15) is 18.4 Å². The summed E-state index contributed by atoms with van der Waals surface area (Å²) in [6.07, 6.45) is 1.85. The van der Waals surface area contributed by atoms with Crippen molar-refractivity contribution in [1.29, 1.82) is 0 Å². The van der Waals surface area contributed by atoms with Gasteiger partial charge in [-0.2, -0.15) is 0 Å². The van der Waals surface area contributed by atoms with Crippen molar-refractivity contribution in [1.82, 2.24) is 5.32 Å². The predicted octanol–water partition coefficient (Wildman–Crippen LogP) is 1.19. The largest absolute Gasteiger partial charge is 0.508 e. The van der Waals surface area contributed by atoms with E-state index >= 15 is 0 Å². The number of aliphatic hydroxyl groups is 1. The van der Waals surface area contributed by atoms with Gasteiger partial charge in [0.05, 0.1) is 5.60 Å². The third-order valence-electron chi connectivity index (χ3n) is 3.01. The molecule has 1 aromatic carbocycles. The lowest BCUT2D eigenvalue weighted by atomic mass is 9.87. The molecule has 1 aromatic rings. The van der Waals surface area contributed by atoms with Gasteiger partial charge in [-0.15, -0.1) is 0 Å². The monoisotopic (exact) mass is 225 g/mol. The van der Waals surface area contributed by atoms with Crippen LogP contribution in [0.25, 0.3) is 0 Å². The lowest BCUT2D eigenvalue weighted by Crippen LogP contribution is -2.47. The first kappa shape index (κ1) is 11.4. The van der Waals surface area contributed by atoms with Crippen LogP contribution in [0.3, 0.4) is 0 Å². The molecular formula is C12H16FNO2.